The van der Waals surface area contributed by atoms with E-state index < -0.39 is 5.60 Å². The van der Waals surface area contributed by atoms with Gasteiger partial charge in [0.2, 0.25) is 0 Å². The second-order valence-electron chi connectivity index (χ2n) is 5.78. The van der Waals surface area contributed by atoms with Gasteiger partial charge in [0, 0.05) is 6.04 Å². The third kappa shape index (κ3) is 4.00. The summed E-state index contributed by atoms with van der Waals surface area (Å²) in [5.41, 5.74) is -0.422. The van der Waals surface area contributed by atoms with Crippen LogP contribution in [-0.4, -0.2) is 30.4 Å². The molecule has 1 heterocycles. The van der Waals surface area contributed by atoms with E-state index in [9.17, 15) is 4.79 Å². The van der Waals surface area contributed by atoms with E-state index >= 15 is 0 Å². The van der Waals surface area contributed by atoms with Gasteiger partial charge in [-0.2, -0.15) is 0 Å². The van der Waals surface area contributed by atoms with Crippen molar-refractivity contribution in [3.63, 3.8) is 0 Å². The van der Waals surface area contributed by atoms with Crippen LogP contribution in [0.4, 0.5) is 4.79 Å². The Labute approximate surface area is 96.7 Å². The van der Waals surface area contributed by atoms with E-state index in [1.54, 1.807) is 0 Å². The van der Waals surface area contributed by atoms with Crippen LogP contribution in [0, 0.1) is 5.92 Å². The molecule has 1 amide bonds. The summed E-state index contributed by atoms with van der Waals surface area (Å²) >= 11 is 0. The van der Waals surface area contributed by atoms with Crippen molar-refractivity contribution >= 4 is 6.09 Å². The lowest BCUT2D eigenvalue weighted by Crippen LogP contribution is -2.41. The maximum absolute atomic E-state index is 11.6. The fraction of sp³-hybridized carbons (Fsp3) is 0.917. The molecule has 1 N–H and O–H groups in total. The maximum Gasteiger partial charge on any atom is 0.407 e. The smallest absolute Gasteiger partial charge is 0.407 e. The molecule has 2 aliphatic rings. The molecule has 1 aliphatic carbocycles. The average molecular weight is 227 g/mol. The van der Waals surface area contributed by atoms with Gasteiger partial charge in [0.05, 0.1) is 12.7 Å². The number of alkyl carbamates (subject to hydrolysis) is 1. The molecule has 0 aromatic carbocycles. The molecule has 0 radical (unpaired) electrons. The maximum atomic E-state index is 11.6. The van der Waals surface area contributed by atoms with Gasteiger partial charge in [0.25, 0.3) is 0 Å². The quantitative estimate of drug-likeness (QED) is 0.748. The molecular weight excluding hydrogens is 206 g/mol. The molecule has 1 saturated carbocycles. The number of carbonyl (C=O) groups is 1. The summed E-state index contributed by atoms with van der Waals surface area (Å²) in [5, 5.41) is 2.97. The molecule has 4 heteroatoms. The predicted molar refractivity (Wildman–Crippen MR) is 60.2 cm³/mol. The first-order valence-corrected chi connectivity index (χ1v) is 6.05. The van der Waals surface area contributed by atoms with Crippen molar-refractivity contribution < 1.29 is 14.3 Å². The fourth-order valence-electron chi connectivity index (χ4n) is 1.81. The lowest BCUT2D eigenvalue weighted by molar-refractivity contribution is 0.0493. The Balaban J connectivity index is 1.77. The van der Waals surface area contributed by atoms with Crippen LogP contribution >= 0.6 is 0 Å². The topological polar surface area (TPSA) is 50.9 Å². The number of carbonyl (C=O) groups excluding carboxylic acids is 1. The van der Waals surface area contributed by atoms with Gasteiger partial charge in [-0.05, 0) is 46.0 Å². The van der Waals surface area contributed by atoms with Crippen molar-refractivity contribution in [1.82, 2.24) is 5.32 Å². The van der Waals surface area contributed by atoms with E-state index in [2.05, 4.69) is 5.32 Å². The molecule has 16 heavy (non-hydrogen) atoms. The number of hydrogen-bond donors (Lipinski definition) is 1. The number of epoxide rings is 1. The molecule has 4 nitrogen and oxygen atoms in total. The van der Waals surface area contributed by atoms with E-state index in [0.717, 1.165) is 13.0 Å². The fourth-order valence-corrected chi connectivity index (χ4v) is 1.81. The Hall–Kier alpha value is -0.770. The Morgan fingerprint density at radius 3 is 2.56 bits per heavy atom. The Morgan fingerprint density at radius 2 is 2.12 bits per heavy atom. The van der Waals surface area contributed by atoms with Crippen LogP contribution in [0.5, 0.6) is 0 Å². The summed E-state index contributed by atoms with van der Waals surface area (Å²) in [6, 6.07) is 0.238. The largest absolute Gasteiger partial charge is 0.444 e. The highest BCUT2D eigenvalue weighted by Crippen LogP contribution is 2.36. The molecule has 0 aromatic heterocycles. The summed E-state index contributed by atoms with van der Waals surface area (Å²) < 4.78 is 10.5. The zero-order valence-electron chi connectivity index (χ0n) is 10.3. The molecule has 0 spiro atoms. The molecular formula is C12H21NO3. The van der Waals surface area contributed by atoms with Crippen LogP contribution in [0.15, 0.2) is 0 Å². The van der Waals surface area contributed by atoms with Crippen molar-refractivity contribution in [2.45, 2.75) is 57.8 Å². The summed E-state index contributed by atoms with van der Waals surface area (Å²) in [7, 11) is 0. The minimum Gasteiger partial charge on any atom is -0.444 e. The van der Waals surface area contributed by atoms with Gasteiger partial charge in [0.1, 0.15) is 5.60 Å². The normalized spacial score (nSPS) is 26.1. The van der Waals surface area contributed by atoms with Gasteiger partial charge in [-0.15, -0.1) is 0 Å². The van der Waals surface area contributed by atoms with E-state index in [4.69, 9.17) is 9.47 Å². The van der Waals surface area contributed by atoms with Gasteiger partial charge in [-0.1, -0.05) is 0 Å². The van der Waals surface area contributed by atoms with Crippen LogP contribution in [0.3, 0.4) is 0 Å². The lowest BCUT2D eigenvalue weighted by Gasteiger charge is -2.23. The highest BCUT2D eigenvalue weighted by molar-refractivity contribution is 5.68. The predicted octanol–water partition coefficient (Wildman–Crippen LogP) is 2.08. The van der Waals surface area contributed by atoms with E-state index in [-0.39, 0.29) is 12.1 Å². The van der Waals surface area contributed by atoms with Gasteiger partial charge in [0.15, 0.2) is 0 Å². The van der Waals surface area contributed by atoms with Gasteiger partial charge in [-0.25, -0.2) is 4.79 Å². The minimum atomic E-state index is -0.422. The highest BCUT2D eigenvalue weighted by Gasteiger charge is 2.37. The Morgan fingerprint density at radius 1 is 1.50 bits per heavy atom. The van der Waals surface area contributed by atoms with Crippen LogP contribution < -0.4 is 5.32 Å². The second-order valence-corrected chi connectivity index (χ2v) is 5.78. The van der Waals surface area contributed by atoms with Crippen molar-refractivity contribution in [2.75, 3.05) is 6.61 Å². The van der Waals surface area contributed by atoms with Gasteiger partial charge < -0.3 is 14.8 Å². The summed E-state index contributed by atoms with van der Waals surface area (Å²) in [5.74, 6) is 0.636. The summed E-state index contributed by atoms with van der Waals surface area (Å²) in [4.78, 5) is 11.6. The van der Waals surface area contributed by atoms with E-state index in [0.29, 0.717) is 12.0 Å². The molecule has 2 unspecified atom stereocenters. The SMILES string of the molecule is CC(C)(C)OC(=O)NC(CC1CO1)C1CC1. The molecule has 92 valence electrons. The lowest BCUT2D eigenvalue weighted by atomic mass is 10.1. The number of ether oxygens (including phenoxy) is 2. The monoisotopic (exact) mass is 227 g/mol. The van der Waals surface area contributed by atoms with Crippen molar-refractivity contribution in [3.05, 3.63) is 0 Å². The molecule has 1 saturated heterocycles. The highest BCUT2D eigenvalue weighted by atomic mass is 16.6. The van der Waals surface area contributed by atoms with Crippen LogP contribution in [-0.2, 0) is 9.47 Å². The molecule has 2 fully saturated rings. The van der Waals surface area contributed by atoms with Crippen LogP contribution in [0.25, 0.3) is 0 Å². The van der Waals surface area contributed by atoms with E-state index in [1.165, 1.54) is 12.8 Å². The standard InChI is InChI=1S/C12H21NO3/c1-12(2,3)16-11(14)13-10(8-4-5-8)6-9-7-15-9/h8-10H,4-7H2,1-3H3,(H,13,14). The summed E-state index contributed by atoms with van der Waals surface area (Å²) in [6.07, 6.45) is 3.43. The zero-order chi connectivity index (χ0) is 11.8. The molecule has 2 rings (SSSR count). The molecule has 0 bridgehead atoms. The number of rotatable bonds is 4. The van der Waals surface area contributed by atoms with Crippen LogP contribution in [0.1, 0.15) is 40.0 Å². The van der Waals surface area contributed by atoms with Crippen LogP contribution in [0.2, 0.25) is 0 Å². The number of hydrogen-bond acceptors (Lipinski definition) is 3. The molecule has 2 atom stereocenters. The molecule has 0 aromatic rings. The van der Waals surface area contributed by atoms with Gasteiger partial charge in [-0.3, -0.25) is 0 Å². The Bertz CT molecular complexity index is 264. The van der Waals surface area contributed by atoms with Gasteiger partial charge >= 0.3 is 6.09 Å². The summed E-state index contributed by atoms with van der Waals surface area (Å²) in [6.45, 7) is 6.48. The first-order valence-electron chi connectivity index (χ1n) is 6.05. The van der Waals surface area contributed by atoms with E-state index in [1.807, 2.05) is 20.8 Å². The third-order valence-corrected chi connectivity index (χ3v) is 2.81. The minimum absolute atomic E-state index is 0.238. The number of nitrogens with one attached hydrogen (secondary N) is 1. The van der Waals surface area contributed by atoms with Crippen molar-refractivity contribution in [1.29, 1.82) is 0 Å². The zero-order valence-corrected chi connectivity index (χ0v) is 10.3. The Kier molecular flexibility index (Phi) is 3.10. The first-order chi connectivity index (χ1) is 7.44. The second kappa shape index (κ2) is 4.24. The van der Waals surface area contributed by atoms with Crippen molar-refractivity contribution in [2.24, 2.45) is 5.92 Å². The number of amides is 1. The third-order valence-electron chi connectivity index (χ3n) is 2.81. The molecule has 1 aliphatic heterocycles. The first kappa shape index (κ1) is 11.7. The van der Waals surface area contributed by atoms with Crippen molar-refractivity contribution in [3.8, 4) is 0 Å². The average Bonchev–Trinajstić information content (AvgIpc) is 2.96.